The van der Waals surface area contributed by atoms with E-state index in [2.05, 4.69) is 54.1 Å². The second kappa shape index (κ2) is 7.61. The monoisotopic (exact) mass is 419 g/mol. The first-order valence-corrected chi connectivity index (χ1v) is 8.55. The molecular weight excluding hydrogens is 406 g/mol. The summed E-state index contributed by atoms with van der Waals surface area (Å²) in [4.78, 5) is 10.3. The molecule has 2 heterocycles. The minimum Gasteiger partial charge on any atom is -0.378 e. The number of rotatable bonds is 6. The van der Waals surface area contributed by atoms with Gasteiger partial charge in [0, 0.05) is 33.7 Å². The van der Waals surface area contributed by atoms with Gasteiger partial charge in [-0.15, -0.1) is 11.3 Å². The predicted molar refractivity (Wildman–Crippen MR) is 88.8 cm³/mol. The molecule has 2 aromatic rings. The molecule has 0 saturated carbocycles. The largest absolute Gasteiger partial charge is 0.378 e. The molecule has 0 spiro atoms. The second-order valence-corrected chi connectivity index (χ2v) is 6.94. The van der Waals surface area contributed by atoms with E-state index in [0.29, 0.717) is 6.61 Å². The molecule has 0 radical (unpaired) electrons. The van der Waals surface area contributed by atoms with Crippen LogP contribution >= 0.6 is 43.2 Å². The van der Waals surface area contributed by atoms with Crippen LogP contribution in [-0.4, -0.2) is 23.6 Å². The summed E-state index contributed by atoms with van der Waals surface area (Å²) in [6, 6.07) is 1.98. The smallest absolute Gasteiger partial charge is 0.143 e. The molecule has 1 N–H and O–H groups in total. The van der Waals surface area contributed by atoms with E-state index in [1.165, 1.54) is 4.88 Å². The topological polar surface area (TPSA) is 47.0 Å². The number of methoxy groups -OCH3 is 1. The molecule has 7 heteroatoms. The minimum absolute atomic E-state index is 0.519. The highest BCUT2D eigenvalue weighted by molar-refractivity contribution is 9.11. The van der Waals surface area contributed by atoms with Crippen LogP contribution < -0.4 is 5.32 Å². The first-order valence-electron chi connectivity index (χ1n) is 6.15. The van der Waals surface area contributed by atoms with Crippen molar-refractivity contribution in [2.24, 2.45) is 0 Å². The summed E-state index contributed by atoms with van der Waals surface area (Å²) >= 11 is 8.60. The van der Waals surface area contributed by atoms with Crippen molar-refractivity contribution in [2.45, 2.75) is 20.1 Å². The number of ether oxygens (including phenoxy) is 1. The van der Waals surface area contributed by atoms with Gasteiger partial charge in [-0.05, 0) is 44.5 Å². The lowest BCUT2D eigenvalue weighted by Gasteiger charge is -2.00. The van der Waals surface area contributed by atoms with Crippen LogP contribution in [0.5, 0.6) is 0 Å². The molecular formula is C13H15Br2N3OS. The van der Waals surface area contributed by atoms with E-state index in [9.17, 15) is 0 Å². The van der Waals surface area contributed by atoms with Gasteiger partial charge in [-0.2, -0.15) is 0 Å². The molecule has 4 nitrogen and oxygen atoms in total. The average Bonchev–Trinajstić information content (AvgIpc) is 2.80. The van der Waals surface area contributed by atoms with Gasteiger partial charge in [-0.1, -0.05) is 6.92 Å². The Morgan fingerprint density at radius 3 is 2.85 bits per heavy atom. The Morgan fingerprint density at radius 1 is 1.40 bits per heavy atom. The lowest BCUT2D eigenvalue weighted by atomic mass is 10.3. The van der Waals surface area contributed by atoms with E-state index in [1.807, 2.05) is 6.07 Å². The fourth-order valence-corrected chi connectivity index (χ4v) is 4.03. The maximum atomic E-state index is 5.22. The van der Waals surface area contributed by atoms with Crippen LogP contribution in [0.2, 0.25) is 0 Å². The van der Waals surface area contributed by atoms with Crippen molar-refractivity contribution in [3.05, 3.63) is 31.8 Å². The minimum atomic E-state index is 0.519. The normalized spacial score (nSPS) is 11.0. The predicted octanol–water partition coefficient (Wildman–Crippen LogP) is 3.99. The Balaban J connectivity index is 2.36. The van der Waals surface area contributed by atoms with Gasteiger partial charge in [0.2, 0.25) is 0 Å². The van der Waals surface area contributed by atoms with Crippen molar-refractivity contribution >= 4 is 43.2 Å². The van der Waals surface area contributed by atoms with E-state index >= 15 is 0 Å². The maximum Gasteiger partial charge on any atom is 0.143 e. The summed E-state index contributed by atoms with van der Waals surface area (Å²) in [5.41, 5.74) is 1.84. The van der Waals surface area contributed by atoms with E-state index < -0.39 is 0 Å². The van der Waals surface area contributed by atoms with Gasteiger partial charge in [0.15, 0.2) is 0 Å². The number of halogens is 2. The van der Waals surface area contributed by atoms with Gasteiger partial charge in [0.05, 0.1) is 12.3 Å². The summed E-state index contributed by atoms with van der Waals surface area (Å²) in [7, 11) is 1.68. The fraction of sp³-hybridized carbons (Fsp3) is 0.385. The summed E-state index contributed by atoms with van der Waals surface area (Å²) < 4.78 is 7.09. The molecule has 0 saturated heterocycles. The highest BCUT2D eigenvalue weighted by Gasteiger charge is 2.15. The molecule has 0 fully saturated rings. The standard InChI is InChI=1S/C13H15Br2N3OS/c1-3-16-6-11-10(7-19-2)18-13(20-11)12-9(15)4-8(14)5-17-12/h4-5,16H,3,6-7H2,1-2H3. The maximum absolute atomic E-state index is 5.22. The second-order valence-electron chi connectivity index (χ2n) is 4.09. The number of pyridine rings is 1. The SMILES string of the molecule is CCNCc1sc(-c2ncc(Br)cc2Br)nc1COC. The summed E-state index contributed by atoms with van der Waals surface area (Å²) in [6.45, 7) is 4.34. The van der Waals surface area contributed by atoms with E-state index in [0.717, 1.165) is 38.4 Å². The highest BCUT2D eigenvalue weighted by Crippen LogP contribution is 2.33. The van der Waals surface area contributed by atoms with E-state index in [4.69, 9.17) is 4.74 Å². The van der Waals surface area contributed by atoms with Crippen LogP contribution in [0.4, 0.5) is 0 Å². The van der Waals surface area contributed by atoms with Crippen LogP contribution in [0.15, 0.2) is 21.2 Å². The average molecular weight is 421 g/mol. The van der Waals surface area contributed by atoms with Crippen molar-refractivity contribution in [3.63, 3.8) is 0 Å². The number of aromatic nitrogens is 2. The van der Waals surface area contributed by atoms with Crippen molar-refractivity contribution in [3.8, 4) is 10.7 Å². The molecule has 2 rings (SSSR count). The van der Waals surface area contributed by atoms with Crippen LogP contribution in [0, 0.1) is 0 Å². The molecule has 0 bridgehead atoms. The number of hydrogen-bond donors (Lipinski definition) is 1. The summed E-state index contributed by atoms with van der Waals surface area (Å²) in [5.74, 6) is 0. The first kappa shape index (κ1) is 16.0. The van der Waals surface area contributed by atoms with Gasteiger partial charge < -0.3 is 10.1 Å². The van der Waals surface area contributed by atoms with Gasteiger partial charge in [0.25, 0.3) is 0 Å². The third kappa shape index (κ3) is 3.85. The van der Waals surface area contributed by atoms with Crippen LogP contribution in [-0.2, 0) is 17.9 Å². The first-order chi connectivity index (χ1) is 9.65. The number of hydrogen-bond acceptors (Lipinski definition) is 5. The lowest BCUT2D eigenvalue weighted by molar-refractivity contribution is 0.181. The molecule has 0 atom stereocenters. The number of nitrogens with zero attached hydrogens (tertiary/aromatic N) is 2. The van der Waals surface area contributed by atoms with E-state index in [-0.39, 0.29) is 0 Å². The zero-order valence-corrected chi connectivity index (χ0v) is 15.2. The van der Waals surface area contributed by atoms with Gasteiger partial charge in [0.1, 0.15) is 10.7 Å². The number of thiazole rings is 1. The van der Waals surface area contributed by atoms with Crippen molar-refractivity contribution in [1.29, 1.82) is 0 Å². The Morgan fingerprint density at radius 2 is 2.20 bits per heavy atom. The molecule has 20 heavy (non-hydrogen) atoms. The molecule has 0 aliphatic carbocycles. The molecule has 2 aromatic heterocycles. The summed E-state index contributed by atoms with van der Waals surface area (Å²) in [5, 5.41) is 4.23. The highest BCUT2D eigenvalue weighted by atomic mass is 79.9. The fourth-order valence-electron chi connectivity index (χ4n) is 1.68. The summed E-state index contributed by atoms with van der Waals surface area (Å²) in [6.07, 6.45) is 1.78. The molecule has 0 aliphatic heterocycles. The van der Waals surface area contributed by atoms with Crippen LogP contribution in [0.1, 0.15) is 17.5 Å². The molecule has 108 valence electrons. The van der Waals surface area contributed by atoms with Gasteiger partial charge in [-0.3, -0.25) is 4.98 Å². The van der Waals surface area contributed by atoms with Gasteiger partial charge >= 0.3 is 0 Å². The molecule has 0 amide bonds. The van der Waals surface area contributed by atoms with Gasteiger partial charge in [-0.25, -0.2) is 4.98 Å². The van der Waals surface area contributed by atoms with Crippen LogP contribution in [0.3, 0.4) is 0 Å². The lowest BCUT2D eigenvalue weighted by Crippen LogP contribution is -2.12. The quantitative estimate of drug-likeness (QED) is 0.767. The number of nitrogens with one attached hydrogen (secondary N) is 1. The Kier molecular flexibility index (Phi) is 6.10. The Labute approximate surface area is 139 Å². The van der Waals surface area contributed by atoms with Crippen molar-refractivity contribution in [2.75, 3.05) is 13.7 Å². The zero-order chi connectivity index (χ0) is 14.5. The molecule has 0 aliphatic rings. The third-order valence-corrected chi connectivity index (χ3v) is 4.75. The Bertz CT molecular complexity index is 589. The molecule has 0 unspecified atom stereocenters. The molecule has 0 aromatic carbocycles. The third-order valence-electron chi connectivity index (χ3n) is 2.61. The van der Waals surface area contributed by atoms with Crippen molar-refractivity contribution in [1.82, 2.24) is 15.3 Å². The Hall–Kier alpha value is -0.340. The van der Waals surface area contributed by atoms with Crippen LogP contribution in [0.25, 0.3) is 10.7 Å². The zero-order valence-electron chi connectivity index (χ0n) is 11.2. The van der Waals surface area contributed by atoms with E-state index in [1.54, 1.807) is 24.6 Å². The van der Waals surface area contributed by atoms with Crippen molar-refractivity contribution < 1.29 is 4.74 Å².